The van der Waals surface area contributed by atoms with Crippen LogP contribution in [0.3, 0.4) is 0 Å². The molecule has 1 amide bonds. The molecule has 0 aliphatic heterocycles. The Morgan fingerprint density at radius 3 is 3.00 bits per heavy atom. The van der Waals surface area contributed by atoms with Crippen molar-refractivity contribution in [2.24, 2.45) is 0 Å². The van der Waals surface area contributed by atoms with Crippen LogP contribution in [0.2, 0.25) is 0 Å². The first-order chi connectivity index (χ1) is 10.1. The molecule has 0 saturated heterocycles. The van der Waals surface area contributed by atoms with E-state index in [0.717, 1.165) is 17.1 Å². The molecule has 2 N–H and O–H groups in total. The fraction of sp³-hybridized carbons (Fsp3) is 0.400. The van der Waals surface area contributed by atoms with E-state index in [4.69, 9.17) is 0 Å². The summed E-state index contributed by atoms with van der Waals surface area (Å²) in [4.78, 5) is 18.4. The SMILES string of the molecule is CN(C)c1ncccc1CNC(=O)c1cc(C2CC2)[nH]n1. The van der Waals surface area contributed by atoms with Gasteiger partial charge in [-0.05, 0) is 25.0 Å². The van der Waals surface area contributed by atoms with Gasteiger partial charge in [0.05, 0.1) is 0 Å². The second-order valence-corrected chi connectivity index (χ2v) is 5.55. The summed E-state index contributed by atoms with van der Waals surface area (Å²) in [5.41, 5.74) is 2.50. The maximum Gasteiger partial charge on any atom is 0.272 e. The lowest BCUT2D eigenvalue weighted by atomic mass is 10.2. The molecule has 1 fully saturated rings. The van der Waals surface area contributed by atoms with Crippen LogP contribution in [-0.2, 0) is 6.54 Å². The molecule has 2 aromatic rings. The Kier molecular flexibility index (Phi) is 3.60. The van der Waals surface area contributed by atoms with Crippen LogP contribution in [0.4, 0.5) is 5.82 Å². The predicted molar refractivity (Wildman–Crippen MR) is 80.3 cm³/mol. The van der Waals surface area contributed by atoms with Crippen molar-refractivity contribution in [3.8, 4) is 0 Å². The van der Waals surface area contributed by atoms with Crippen molar-refractivity contribution in [2.45, 2.75) is 25.3 Å². The highest BCUT2D eigenvalue weighted by molar-refractivity contribution is 5.92. The smallest absolute Gasteiger partial charge is 0.272 e. The van der Waals surface area contributed by atoms with Crippen LogP contribution in [0.15, 0.2) is 24.4 Å². The average Bonchev–Trinajstić information content (AvgIpc) is 3.22. The normalized spacial score (nSPS) is 14.0. The van der Waals surface area contributed by atoms with Gasteiger partial charge >= 0.3 is 0 Å². The van der Waals surface area contributed by atoms with Gasteiger partial charge in [-0.15, -0.1) is 0 Å². The van der Waals surface area contributed by atoms with Crippen molar-refractivity contribution in [1.82, 2.24) is 20.5 Å². The van der Waals surface area contributed by atoms with Crippen LogP contribution in [0.25, 0.3) is 0 Å². The standard InChI is InChI=1S/C15H19N5O/c1-20(2)14-11(4-3-7-16-14)9-17-15(21)13-8-12(18-19-13)10-5-6-10/h3-4,7-8,10H,5-6,9H2,1-2H3,(H,17,21)(H,18,19). The van der Waals surface area contributed by atoms with Crippen LogP contribution < -0.4 is 10.2 Å². The minimum Gasteiger partial charge on any atom is -0.362 e. The van der Waals surface area contributed by atoms with E-state index in [1.54, 1.807) is 6.20 Å². The van der Waals surface area contributed by atoms with Crippen molar-refractivity contribution in [2.75, 3.05) is 19.0 Å². The van der Waals surface area contributed by atoms with Gasteiger partial charge in [0.2, 0.25) is 0 Å². The summed E-state index contributed by atoms with van der Waals surface area (Å²) in [6.07, 6.45) is 4.12. The monoisotopic (exact) mass is 285 g/mol. The van der Waals surface area contributed by atoms with Gasteiger partial charge in [-0.2, -0.15) is 5.10 Å². The van der Waals surface area contributed by atoms with Crippen LogP contribution >= 0.6 is 0 Å². The number of H-pyrrole nitrogens is 1. The van der Waals surface area contributed by atoms with Crippen molar-refractivity contribution in [3.63, 3.8) is 0 Å². The maximum absolute atomic E-state index is 12.1. The van der Waals surface area contributed by atoms with Crippen molar-refractivity contribution >= 4 is 11.7 Å². The van der Waals surface area contributed by atoms with Gasteiger partial charge in [0.15, 0.2) is 0 Å². The molecule has 0 radical (unpaired) electrons. The summed E-state index contributed by atoms with van der Waals surface area (Å²) >= 11 is 0. The van der Waals surface area contributed by atoms with Gasteiger partial charge in [-0.3, -0.25) is 9.89 Å². The van der Waals surface area contributed by atoms with Gasteiger partial charge in [0.1, 0.15) is 11.5 Å². The summed E-state index contributed by atoms with van der Waals surface area (Å²) in [5, 5.41) is 9.92. The molecule has 1 saturated carbocycles. The predicted octanol–water partition coefficient (Wildman–Crippen LogP) is 1.68. The lowest BCUT2D eigenvalue weighted by Gasteiger charge is -2.15. The number of rotatable bonds is 5. The van der Waals surface area contributed by atoms with E-state index in [0.29, 0.717) is 18.2 Å². The van der Waals surface area contributed by atoms with Gasteiger partial charge in [-0.1, -0.05) is 6.07 Å². The summed E-state index contributed by atoms with van der Waals surface area (Å²) in [6.45, 7) is 0.436. The summed E-state index contributed by atoms with van der Waals surface area (Å²) in [7, 11) is 3.87. The largest absolute Gasteiger partial charge is 0.362 e. The van der Waals surface area contributed by atoms with Crippen LogP contribution in [0.1, 0.15) is 40.5 Å². The lowest BCUT2D eigenvalue weighted by Crippen LogP contribution is -2.25. The Labute approximate surface area is 123 Å². The van der Waals surface area contributed by atoms with Crippen molar-refractivity contribution in [3.05, 3.63) is 41.3 Å². The molecule has 1 aliphatic rings. The van der Waals surface area contributed by atoms with Gasteiger partial charge in [-0.25, -0.2) is 4.98 Å². The molecular formula is C15H19N5O. The van der Waals surface area contributed by atoms with Crippen molar-refractivity contribution in [1.29, 1.82) is 0 Å². The number of nitrogens with one attached hydrogen (secondary N) is 2. The fourth-order valence-corrected chi connectivity index (χ4v) is 2.29. The quantitative estimate of drug-likeness (QED) is 0.876. The third kappa shape index (κ3) is 3.04. The number of anilines is 1. The number of amides is 1. The zero-order valence-electron chi connectivity index (χ0n) is 12.3. The third-order valence-corrected chi connectivity index (χ3v) is 3.58. The Morgan fingerprint density at radius 2 is 2.29 bits per heavy atom. The maximum atomic E-state index is 12.1. The minimum absolute atomic E-state index is 0.160. The van der Waals surface area contributed by atoms with Crippen molar-refractivity contribution < 1.29 is 4.79 Å². The summed E-state index contributed by atoms with van der Waals surface area (Å²) < 4.78 is 0. The zero-order valence-corrected chi connectivity index (χ0v) is 12.3. The first kappa shape index (κ1) is 13.6. The summed E-state index contributed by atoms with van der Waals surface area (Å²) in [5.74, 6) is 1.27. The molecule has 6 heteroatoms. The number of aromatic amines is 1. The molecule has 1 aliphatic carbocycles. The van der Waals surface area contributed by atoms with E-state index < -0.39 is 0 Å². The Bertz CT molecular complexity index is 645. The number of pyridine rings is 1. The van der Waals surface area contributed by atoms with Gasteiger partial charge < -0.3 is 10.2 Å². The van der Waals surface area contributed by atoms with E-state index in [1.165, 1.54) is 12.8 Å². The average molecular weight is 285 g/mol. The van der Waals surface area contributed by atoms with Crippen LogP contribution in [0, 0.1) is 0 Å². The van der Waals surface area contributed by atoms with Crippen LogP contribution in [0.5, 0.6) is 0 Å². The number of aromatic nitrogens is 3. The van der Waals surface area contributed by atoms with E-state index in [2.05, 4.69) is 20.5 Å². The lowest BCUT2D eigenvalue weighted by molar-refractivity contribution is 0.0946. The number of nitrogens with zero attached hydrogens (tertiary/aromatic N) is 3. The Morgan fingerprint density at radius 1 is 1.48 bits per heavy atom. The third-order valence-electron chi connectivity index (χ3n) is 3.58. The molecule has 21 heavy (non-hydrogen) atoms. The molecule has 110 valence electrons. The second-order valence-electron chi connectivity index (χ2n) is 5.55. The highest BCUT2D eigenvalue weighted by Gasteiger charge is 2.26. The molecule has 0 aromatic carbocycles. The first-order valence-electron chi connectivity index (χ1n) is 7.10. The van der Waals surface area contributed by atoms with Gasteiger partial charge in [0, 0.05) is 44.0 Å². The second kappa shape index (κ2) is 5.55. The topological polar surface area (TPSA) is 73.9 Å². The highest BCUT2D eigenvalue weighted by Crippen LogP contribution is 2.38. The molecule has 0 atom stereocenters. The number of hydrogen-bond donors (Lipinski definition) is 2. The zero-order chi connectivity index (χ0) is 14.8. The van der Waals surface area contributed by atoms with E-state index in [9.17, 15) is 4.79 Å². The summed E-state index contributed by atoms with van der Waals surface area (Å²) in [6, 6.07) is 5.68. The first-order valence-corrected chi connectivity index (χ1v) is 7.10. The molecule has 2 aromatic heterocycles. The van der Waals surface area contributed by atoms with Crippen LogP contribution in [-0.4, -0.2) is 35.2 Å². The Balaban J connectivity index is 1.65. The molecule has 2 heterocycles. The Hall–Kier alpha value is -2.37. The number of hydrogen-bond acceptors (Lipinski definition) is 4. The molecular weight excluding hydrogens is 266 g/mol. The molecule has 3 rings (SSSR count). The molecule has 0 spiro atoms. The minimum atomic E-state index is -0.160. The number of carbonyl (C=O) groups excluding carboxylic acids is 1. The molecule has 6 nitrogen and oxygen atoms in total. The fourth-order valence-electron chi connectivity index (χ4n) is 2.29. The molecule has 0 unspecified atom stereocenters. The van der Waals surface area contributed by atoms with E-state index in [1.807, 2.05) is 37.2 Å². The van der Waals surface area contributed by atoms with Gasteiger partial charge in [0.25, 0.3) is 5.91 Å². The van der Waals surface area contributed by atoms with E-state index in [-0.39, 0.29) is 5.91 Å². The number of carbonyl (C=O) groups is 1. The van der Waals surface area contributed by atoms with E-state index >= 15 is 0 Å². The molecule has 0 bridgehead atoms. The highest BCUT2D eigenvalue weighted by atomic mass is 16.1.